The van der Waals surface area contributed by atoms with E-state index < -0.39 is 0 Å². The summed E-state index contributed by atoms with van der Waals surface area (Å²) in [7, 11) is 1.76. The molecule has 0 unspecified atom stereocenters. The molecule has 0 aliphatic heterocycles. The van der Waals surface area contributed by atoms with Crippen LogP contribution in [0.2, 0.25) is 10.0 Å². The topological polar surface area (TPSA) is 53.1 Å². The van der Waals surface area contributed by atoms with E-state index in [9.17, 15) is 0 Å². The summed E-state index contributed by atoms with van der Waals surface area (Å²) in [5.41, 5.74) is 6.14. The first-order valence-electron chi connectivity index (χ1n) is 4.48. The predicted molar refractivity (Wildman–Crippen MR) is 64.2 cm³/mol. The van der Waals surface area contributed by atoms with E-state index in [1.165, 1.54) is 0 Å². The fourth-order valence-electron chi connectivity index (χ4n) is 1.23. The van der Waals surface area contributed by atoms with Gasteiger partial charge in [0.25, 0.3) is 5.88 Å². The molecule has 0 aliphatic carbocycles. The van der Waals surface area contributed by atoms with Gasteiger partial charge in [-0.2, -0.15) is 0 Å². The summed E-state index contributed by atoms with van der Waals surface area (Å²) in [4.78, 5) is 0. The van der Waals surface area contributed by atoms with Gasteiger partial charge < -0.3 is 10.5 Å². The summed E-state index contributed by atoms with van der Waals surface area (Å²) in [6.07, 6.45) is 1.65. The minimum atomic E-state index is 0.326. The van der Waals surface area contributed by atoms with Crippen molar-refractivity contribution in [1.29, 1.82) is 0 Å². The highest BCUT2D eigenvalue weighted by Crippen LogP contribution is 2.32. The van der Waals surface area contributed by atoms with Gasteiger partial charge in [0.2, 0.25) is 0 Å². The highest BCUT2D eigenvalue weighted by Gasteiger charge is 2.09. The van der Waals surface area contributed by atoms with Crippen LogP contribution in [0.3, 0.4) is 0 Å². The van der Waals surface area contributed by atoms with Crippen LogP contribution in [0.25, 0.3) is 0 Å². The van der Waals surface area contributed by atoms with Crippen LogP contribution in [-0.4, -0.2) is 9.78 Å². The van der Waals surface area contributed by atoms with Crippen molar-refractivity contribution < 1.29 is 4.74 Å². The van der Waals surface area contributed by atoms with E-state index in [0.717, 1.165) is 0 Å². The molecule has 1 heterocycles. The van der Waals surface area contributed by atoms with Crippen LogP contribution in [0.4, 0.5) is 5.69 Å². The van der Waals surface area contributed by atoms with Crippen molar-refractivity contribution in [2.75, 3.05) is 5.73 Å². The van der Waals surface area contributed by atoms with Gasteiger partial charge in [0, 0.05) is 12.1 Å². The second-order valence-electron chi connectivity index (χ2n) is 3.24. The van der Waals surface area contributed by atoms with Crippen LogP contribution in [0.5, 0.6) is 11.6 Å². The van der Waals surface area contributed by atoms with E-state index in [4.69, 9.17) is 33.7 Å². The number of anilines is 1. The van der Waals surface area contributed by atoms with Crippen LogP contribution in [0, 0.1) is 0 Å². The Bertz CT molecular complexity index is 525. The second kappa shape index (κ2) is 4.23. The third kappa shape index (κ3) is 2.23. The van der Waals surface area contributed by atoms with Crippen LogP contribution < -0.4 is 10.5 Å². The molecule has 0 amide bonds. The van der Waals surface area contributed by atoms with Crippen molar-refractivity contribution in [3.63, 3.8) is 0 Å². The monoisotopic (exact) mass is 257 g/mol. The highest BCUT2D eigenvalue weighted by atomic mass is 35.5. The van der Waals surface area contributed by atoms with Crippen LogP contribution in [-0.2, 0) is 7.05 Å². The van der Waals surface area contributed by atoms with E-state index in [1.807, 2.05) is 0 Å². The van der Waals surface area contributed by atoms with Gasteiger partial charge in [0.15, 0.2) is 0 Å². The summed E-state index contributed by atoms with van der Waals surface area (Å²) in [6.45, 7) is 0. The molecular weight excluding hydrogens is 249 g/mol. The third-order valence-corrected chi connectivity index (χ3v) is 2.45. The van der Waals surface area contributed by atoms with Gasteiger partial charge in [-0.05, 0) is 18.2 Å². The molecule has 0 fully saturated rings. The number of rotatable bonds is 2. The largest absolute Gasteiger partial charge is 0.434 e. The Balaban J connectivity index is 2.30. The molecule has 2 aromatic rings. The van der Waals surface area contributed by atoms with Gasteiger partial charge >= 0.3 is 0 Å². The summed E-state index contributed by atoms with van der Waals surface area (Å²) in [5, 5.41) is 5.01. The standard InChI is InChI=1S/C10H9Cl2N3O/c1-15-5-8(13)10(14-15)16-9-3-2-6(11)4-7(9)12/h2-5H,13H2,1H3. The number of halogens is 2. The smallest absolute Gasteiger partial charge is 0.261 e. The molecule has 0 spiro atoms. The second-order valence-corrected chi connectivity index (χ2v) is 4.08. The van der Waals surface area contributed by atoms with Gasteiger partial charge in [-0.25, -0.2) is 0 Å². The lowest BCUT2D eigenvalue weighted by Gasteiger charge is -2.05. The van der Waals surface area contributed by atoms with Gasteiger partial charge in [0.05, 0.1) is 11.2 Å². The Morgan fingerprint density at radius 3 is 2.69 bits per heavy atom. The molecule has 4 nitrogen and oxygen atoms in total. The number of nitrogen functional groups attached to an aromatic ring is 1. The number of ether oxygens (including phenoxy) is 1. The lowest BCUT2D eigenvalue weighted by molar-refractivity contribution is 0.456. The SMILES string of the molecule is Cn1cc(N)c(Oc2ccc(Cl)cc2Cl)n1. The van der Waals surface area contributed by atoms with Crippen molar-refractivity contribution >= 4 is 28.9 Å². The molecule has 84 valence electrons. The zero-order valence-electron chi connectivity index (χ0n) is 8.45. The maximum absolute atomic E-state index is 5.95. The van der Waals surface area contributed by atoms with Crippen LogP contribution in [0.1, 0.15) is 0 Å². The maximum Gasteiger partial charge on any atom is 0.261 e. The van der Waals surface area contributed by atoms with Crippen molar-refractivity contribution in [1.82, 2.24) is 9.78 Å². The van der Waals surface area contributed by atoms with Crippen molar-refractivity contribution in [3.05, 3.63) is 34.4 Å². The zero-order valence-corrected chi connectivity index (χ0v) is 9.96. The predicted octanol–water partition coefficient (Wildman–Crippen LogP) is 3.10. The van der Waals surface area contributed by atoms with Gasteiger partial charge in [0.1, 0.15) is 11.4 Å². The molecule has 16 heavy (non-hydrogen) atoms. The van der Waals surface area contributed by atoms with Crippen molar-refractivity contribution in [3.8, 4) is 11.6 Å². The first kappa shape index (κ1) is 11.1. The normalized spacial score (nSPS) is 10.4. The van der Waals surface area contributed by atoms with E-state index in [-0.39, 0.29) is 0 Å². The Kier molecular flexibility index (Phi) is 2.94. The molecular formula is C10H9Cl2N3O. The minimum Gasteiger partial charge on any atom is -0.434 e. The lowest BCUT2D eigenvalue weighted by atomic mass is 10.3. The minimum absolute atomic E-state index is 0.326. The Morgan fingerprint density at radius 2 is 2.12 bits per heavy atom. The fourth-order valence-corrected chi connectivity index (χ4v) is 1.67. The molecule has 0 saturated heterocycles. The van der Waals surface area contributed by atoms with Gasteiger partial charge in [-0.3, -0.25) is 4.68 Å². The number of aromatic nitrogens is 2. The molecule has 1 aromatic heterocycles. The Morgan fingerprint density at radius 1 is 1.38 bits per heavy atom. The van der Waals surface area contributed by atoms with Gasteiger partial charge in [-0.15, -0.1) is 5.10 Å². The van der Waals surface area contributed by atoms with Crippen LogP contribution in [0.15, 0.2) is 24.4 Å². The molecule has 0 atom stereocenters. The van der Waals surface area contributed by atoms with E-state index in [1.54, 1.807) is 36.1 Å². The number of hydrogen-bond acceptors (Lipinski definition) is 3. The highest BCUT2D eigenvalue weighted by molar-refractivity contribution is 6.35. The average Bonchev–Trinajstić information content (AvgIpc) is 2.50. The third-order valence-electron chi connectivity index (χ3n) is 1.92. The summed E-state index contributed by atoms with van der Waals surface area (Å²) in [5.74, 6) is 0.795. The zero-order chi connectivity index (χ0) is 11.7. The number of aryl methyl sites for hydroxylation is 1. The lowest BCUT2D eigenvalue weighted by Crippen LogP contribution is -1.91. The quantitative estimate of drug-likeness (QED) is 0.900. The molecule has 1 aromatic carbocycles. The summed E-state index contributed by atoms with van der Waals surface area (Å²) >= 11 is 11.7. The summed E-state index contributed by atoms with van der Waals surface area (Å²) in [6, 6.07) is 4.94. The van der Waals surface area contributed by atoms with E-state index >= 15 is 0 Å². The number of nitrogens with zero attached hydrogens (tertiary/aromatic N) is 2. The molecule has 2 rings (SSSR count). The van der Waals surface area contributed by atoms with Gasteiger partial charge in [-0.1, -0.05) is 23.2 Å². The summed E-state index contributed by atoms with van der Waals surface area (Å²) < 4.78 is 7.03. The molecule has 0 radical (unpaired) electrons. The van der Waals surface area contributed by atoms with Crippen molar-refractivity contribution in [2.24, 2.45) is 7.05 Å². The van der Waals surface area contributed by atoms with Crippen LogP contribution >= 0.6 is 23.2 Å². The fraction of sp³-hybridized carbons (Fsp3) is 0.100. The number of nitrogens with two attached hydrogens (primary N) is 1. The molecule has 2 N–H and O–H groups in total. The average molecular weight is 258 g/mol. The van der Waals surface area contributed by atoms with E-state index in [0.29, 0.717) is 27.4 Å². The Labute approximate surface area is 103 Å². The molecule has 0 saturated carbocycles. The first-order chi connectivity index (χ1) is 7.56. The molecule has 0 bridgehead atoms. The Hall–Kier alpha value is -1.39. The van der Waals surface area contributed by atoms with Crippen molar-refractivity contribution in [2.45, 2.75) is 0 Å². The number of benzene rings is 1. The first-order valence-corrected chi connectivity index (χ1v) is 5.24. The molecule has 0 aliphatic rings. The molecule has 6 heteroatoms. The number of hydrogen-bond donors (Lipinski definition) is 1. The maximum atomic E-state index is 5.95. The van der Waals surface area contributed by atoms with E-state index in [2.05, 4.69) is 5.10 Å².